The molecule has 0 atom stereocenters. The Bertz CT molecular complexity index is 626. The predicted molar refractivity (Wildman–Crippen MR) is 93.6 cm³/mol. The number of amides is 1. The van der Waals surface area contributed by atoms with E-state index in [9.17, 15) is 4.79 Å². The first-order valence-electron chi connectivity index (χ1n) is 8.36. The Labute approximate surface area is 142 Å². The van der Waals surface area contributed by atoms with Crippen LogP contribution >= 0.6 is 0 Å². The number of rotatable bonds is 6. The molecule has 0 radical (unpaired) electrons. The Morgan fingerprint density at radius 2 is 1.83 bits per heavy atom. The fraction of sp³-hybridized carbons (Fsp3) is 0.389. The lowest BCUT2D eigenvalue weighted by Crippen LogP contribution is -2.49. The van der Waals surface area contributed by atoms with Gasteiger partial charge in [0.05, 0.1) is 0 Å². The number of anilines is 1. The standard InChI is InChI=1S/C18H23N5O/c24-18(6-10-20-15-16-4-8-19-9-5-16)23-13-11-22(12-14-23)17-3-1-2-7-21-17/h1-5,7-9,20H,6,10-15H2. The van der Waals surface area contributed by atoms with E-state index >= 15 is 0 Å². The van der Waals surface area contributed by atoms with Gasteiger partial charge in [0, 0.05) is 64.3 Å². The van der Waals surface area contributed by atoms with Crippen molar-refractivity contribution in [3.8, 4) is 0 Å². The summed E-state index contributed by atoms with van der Waals surface area (Å²) in [5, 5.41) is 3.31. The van der Waals surface area contributed by atoms with Crippen LogP contribution in [0, 0.1) is 0 Å². The van der Waals surface area contributed by atoms with Crippen molar-refractivity contribution in [1.82, 2.24) is 20.2 Å². The van der Waals surface area contributed by atoms with E-state index in [1.807, 2.05) is 35.2 Å². The lowest BCUT2D eigenvalue weighted by atomic mass is 10.2. The van der Waals surface area contributed by atoms with Crippen molar-refractivity contribution in [2.45, 2.75) is 13.0 Å². The lowest BCUT2D eigenvalue weighted by Gasteiger charge is -2.35. The maximum Gasteiger partial charge on any atom is 0.223 e. The predicted octanol–water partition coefficient (Wildman–Crippen LogP) is 1.31. The maximum atomic E-state index is 12.3. The number of nitrogens with one attached hydrogen (secondary N) is 1. The number of hydrogen-bond donors (Lipinski definition) is 1. The van der Waals surface area contributed by atoms with Crippen molar-refractivity contribution < 1.29 is 4.79 Å². The molecule has 1 amide bonds. The molecule has 1 aliphatic rings. The first-order chi connectivity index (χ1) is 11.8. The molecule has 24 heavy (non-hydrogen) atoms. The first-order valence-corrected chi connectivity index (χ1v) is 8.36. The second kappa shape index (κ2) is 8.40. The third kappa shape index (κ3) is 4.52. The van der Waals surface area contributed by atoms with E-state index in [-0.39, 0.29) is 5.91 Å². The smallest absolute Gasteiger partial charge is 0.223 e. The zero-order chi connectivity index (χ0) is 16.6. The summed E-state index contributed by atoms with van der Waals surface area (Å²) in [4.78, 5) is 24.8. The molecule has 0 bridgehead atoms. The van der Waals surface area contributed by atoms with Crippen molar-refractivity contribution in [2.75, 3.05) is 37.6 Å². The van der Waals surface area contributed by atoms with E-state index in [0.717, 1.165) is 38.5 Å². The van der Waals surface area contributed by atoms with Crippen LogP contribution in [0.5, 0.6) is 0 Å². The fourth-order valence-electron chi connectivity index (χ4n) is 2.81. The van der Waals surface area contributed by atoms with E-state index in [2.05, 4.69) is 20.2 Å². The highest BCUT2D eigenvalue weighted by atomic mass is 16.2. The third-order valence-corrected chi connectivity index (χ3v) is 4.20. The summed E-state index contributed by atoms with van der Waals surface area (Å²) >= 11 is 0. The minimum Gasteiger partial charge on any atom is -0.353 e. The molecular weight excluding hydrogens is 302 g/mol. The first kappa shape index (κ1) is 16.4. The minimum absolute atomic E-state index is 0.220. The summed E-state index contributed by atoms with van der Waals surface area (Å²) in [6.45, 7) is 4.67. The second-order valence-electron chi connectivity index (χ2n) is 5.84. The average molecular weight is 325 g/mol. The van der Waals surface area contributed by atoms with Gasteiger partial charge in [-0.25, -0.2) is 4.98 Å². The van der Waals surface area contributed by atoms with Gasteiger partial charge in [0.15, 0.2) is 0 Å². The molecule has 1 N–H and O–H groups in total. The summed E-state index contributed by atoms with van der Waals surface area (Å²) in [5.41, 5.74) is 1.18. The van der Waals surface area contributed by atoms with Crippen LogP contribution in [0.3, 0.4) is 0 Å². The van der Waals surface area contributed by atoms with Gasteiger partial charge in [0.25, 0.3) is 0 Å². The molecule has 2 aromatic heterocycles. The number of nitrogens with zero attached hydrogens (tertiary/aromatic N) is 4. The van der Waals surface area contributed by atoms with Gasteiger partial charge in [-0.3, -0.25) is 9.78 Å². The van der Waals surface area contributed by atoms with Gasteiger partial charge in [0.2, 0.25) is 5.91 Å². The van der Waals surface area contributed by atoms with Crippen molar-refractivity contribution in [1.29, 1.82) is 0 Å². The van der Waals surface area contributed by atoms with Gasteiger partial charge >= 0.3 is 0 Å². The molecule has 0 saturated carbocycles. The van der Waals surface area contributed by atoms with Gasteiger partial charge in [-0.05, 0) is 29.8 Å². The van der Waals surface area contributed by atoms with Gasteiger partial charge in [-0.1, -0.05) is 6.07 Å². The number of carbonyl (C=O) groups excluding carboxylic acids is 1. The topological polar surface area (TPSA) is 61.4 Å². The van der Waals surface area contributed by atoms with Crippen LogP contribution in [0.1, 0.15) is 12.0 Å². The van der Waals surface area contributed by atoms with Crippen molar-refractivity contribution in [3.05, 3.63) is 54.5 Å². The molecule has 1 fully saturated rings. The lowest BCUT2D eigenvalue weighted by molar-refractivity contribution is -0.131. The van der Waals surface area contributed by atoms with Gasteiger partial charge < -0.3 is 15.1 Å². The normalized spacial score (nSPS) is 14.7. The molecule has 0 aromatic carbocycles. The van der Waals surface area contributed by atoms with Crippen LogP contribution < -0.4 is 10.2 Å². The number of piperazine rings is 1. The van der Waals surface area contributed by atoms with Crippen molar-refractivity contribution in [2.24, 2.45) is 0 Å². The van der Waals surface area contributed by atoms with Gasteiger partial charge in [0.1, 0.15) is 5.82 Å². The van der Waals surface area contributed by atoms with E-state index in [1.165, 1.54) is 5.56 Å². The van der Waals surface area contributed by atoms with Crippen LogP contribution in [0.2, 0.25) is 0 Å². The Hall–Kier alpha value is -2.47. The van der Waals surface area contributed by atoms with Crippen molar-refractivity contribution in [3.63, 3.8) is 0 Å². The summed E-state index contributed by atoms with van der Waals surface area (Å²) in [5.74, 6) is 1.21. The number of carbonyl (C=O) groups is 1. The molecule has 1 aliphatic heterocycles. The molecule has 0 aliphatic carbocycles. The fourth-order valence-corrected chi connectivity index (χ4v) is 2.81. The quantitative estimate of drug-likeness (QED) is 0.811. The molecule has 0 spiro atoms. The van der Waals surface area contributed by atoms with Gasteiger partial charge in [-0.2, -0.15) is 0 Å². The van der Waals surface area contributed by atoms with Crippen LogP contribution in [0.4, 0.5) is 5.82 Å². The van der Waals surface area contributed by atoms with E-state index in [0.29, 0.717) is 13.0 Å². The molecule has 1 saturated heterocycles. The molecule has 3 rings (SSSR count). The zero-order valence-corrected chi connectivity index (χ0v) is 13.8. The van der Waals surface area contributed by atoms with Crippen LogP contribution in [-0.2, 0) is 11.3 Å². The second-order valence-corrected chi connectivity index (χ2v) is 5.84. The highest BCUT2D eigenvalue weighted by molar-refractivity contribution is 5.76. The Morgan fingerprint density at radius 1 is 1.04 bits per heavy atom. The molecule has 6 nitrogen and oxygen atoms in total. The summed E-state index contributed by atoms with van der Waals surface area (Å²) < 4.78 is 0. The number of aromatic nitrogens is 2. The van der Waals surface area contributed by atoms with Gasteiger partial charge in [-0.15, -0.1) is 0 Å². The molecule has 6 heteroatoms. The molecule has 126 valence electrons. The summed E-state index contributed by atoms with van der Waals surface area (Å²) in [6, 6.07) is 9.88. The zero-order valence-electron chi connectivity index (χ0n) is 13.8. The summed E-state index contributed by atoms with van der Waals surface area (Å²) in [6.07, 6.45) is 5.91. The number of pyridine rings is 2. The largest absolute Gasteiger partial charge is 0.353 e. The molecule has 0 unspecified atom stereocenters. The Balaban J connectivity index is 1.36. The van der Waals surface area contributed by atoms with E-state index < -0.39 is 0 Å². The van der Waals surface area contributed by atoms with Crippen molar-refractivity contribution >= 4 is 11.7 Å². The monoisotopic (exact) mass is 325 g/mol. The Kier molecular flexibility index (Phi) is 5.74. The molecule has 2 aromatic rings. The SMILES string of the molecule is O=C(CCNCc1ccncc1)N1CCN(c2ccccn2)CC1. The van der Waals surface area contributed by atoms with Crippen LogP contribution in [0.15, 0.2) is 48.9 Å². The Morgan fingerprint density at radius 3 is 2.54 bits per heavy atom. The minimum atomic E-state index is 0.220. The highest BCUT2D eigenvalue weighted by Gasteiger charge is 2.21. The van der Waals surface area contributed by atoms with E-state index in [1.54, 1.807) is 18.6 Å². The maximum absolute atomic E-state index is 12.3. The third-order valence-electron chi connectivity index (χ3n) is 4.20. The number of hydrogen-bond acceptors (Lipinski definition) is 5. The van der Waals surface area contributed by atoms with E-state index in [4.69, 9.17) is 0 Å². The molecule has 3 heterocycles. The van der Waals surface area contributed by atoms with Crippen LogP contribution in [0.25, 0.3) is 0 Å². The highest BCUT2D eigenvalue weighted by Crippen LogP contribution is 2.12. The molecular formula is C18H23N5O. The van der Waals surface area contributed by atoms with Crippen LogP contribution in [-0.4, -0.2) is 53.5 Å². The summed E-state index contributed by atoms with van der Waals surface area (Å²) in [7, 11) is 0. The average Bonchev–Trinajstić information content (AvgIpc) is 2.67.